The smallest absolute Gasteiger partial charge is 0.335 e. The third kappa shape index (κ3) is 4.80. The molecule has 0 spiro atoms. The highest BCUT2D eigenvalue weighted by Crippen LogP contribution is 2.14. The van der Waals surface area contributed by atoms with Crippen molar-refractivity contribution in [2.75, 3.05) is 0 Å². The van der Waals surface area contributed by atoms with Gasteiger partial charge in [-0.15, -0.1) is 0 Å². The fourth-order valence-electron chi connectivity index (χ4n) is 1.13. The van der Waals surface area contributed by atoms with Gasteiger partial charge >= 0.3 is 11.9 Å². The summed E-state index contributed by atoms with van der Waals surface area (Å²) in [6.07, 6.45) is 3.87. The first-order chi connectivity index (χ1) is 7.93. The van der Waals surface area contributed by atoms with Gasteiger partial charge < -0.3 is 10.2 Å². The standard InChI is InChI=1S/C12H13NO4/c1-3-9(7-8(2)11(14)15)10(12(16)17)5-4-6-13/h4-5,7H,3H2,1-2H3,(H,14,15)(H,16,17). The van der Waals surface area contributed by atoms with Gasteiger partial charge in [0.2, 0.25) is 0 Å². The summed E-state index contributed by atoms with van der Waals surface area (Å²) in [5, 5.41) is 26.0. The van der Waals surface area contributed by atoms with Gasteiger partial charge in [-0.2, -0.15) is 5.26 Å². The van der Waals surface area contributed by atoms with E-state index in [2.05, 4.69) is 0 Å². The molecule has 0 rings (SSSR count). The molecular weight excluding hydrogens is 222 g/mol. The molecule has 5 heteroatoms. The fourth-order valence-corrected chi connectivity index (χ4v) is 1.13. The van der Waals surface area contributed by atoms with Crippen molar-refractivity contribution in [3.05, 3.63) is 34.9 Å². The van der Waals surface area contributed by atoms with Crippen LogP contribution < -0.4 is 0 Å². The molecule has 2 N–H and O–H groups in total. The van der Waals surface area contributed by atoms with Crippen LogP contribution >= 0.6 is 0 Å². The van der Waals surface area contributed by atoms with E-state index < -0.39 is 11.9 Å². The molecule has 5 nitrogen and oxygen atoms in total. The molecule has 0 fully saturated rings. The molecule has 0 aromatic carbocycles. The molecule has 0 radical (unpaired) electrons. The summed E-state index contributed by atoms with van der Waals surface area (Å²) in [5.41, 5.74) is 0.338. The molecule has 0 unspecified atom stereocenters. The number of carboxylic acids is 2. The minimum atomic E-state index is -1.19. The van der Waals surface area contributed by atoms with Gasteiger partial charge in [0.05, 0.1) is 11.6 Å². The fraction of sp³-hybridized carbons (Fsp3) is 0.250. The summed E-state index contributed by atoms with van der Waals surface area (Å²) < 4.78 is 0. The van der Waals surface area contributed by atoms with Gasteiger partial charge in [-0.25, -0.2) is 9.59 Å². The van der Waals surface area contributed by atoms with E-state index in [0.29, 0.717) is 12.0 Å². The number of aliphatic carboxylic acids is 2. The molecule has 0 bridgehead atoms. The molecule has 0 aromatic rings. The lowest BCUT2D eigenvalue weighted by Gasteiger charge is -2.03. The van der Waals surface area contributed by atoms with Crippen LogP contribution in [-0.2, 0) is 9.59 Å². The second-order valence-electron chi connectivity index (χ2n) is 3.19. The number of hydrogen-bond acceptors (Lipinski definition) is 3. The molecule has 0 aliphatic carbocycles. The van der Waals surface area contributed by atoms with E-state index in [0.717, 1.165) is 12.2 Å². The highest BCUT2D eigenvalue weighted by atomic mass is 16.4. The molecule has 0 atom stereocenters. The quantitative estimate of drug-likeness (QED) is 0.430. The predicted octanol–water partition coefficient (Wildman–Crippen LogP) is 1.89. The van der Waals surface area contributed by atoms with Crippen molar-refractivity contribution in [2.24, 2.45) is 0 Å². The van der Waals surface area contributed by atoms with Crippen molar-refractivity contribution in [3.8, 4) is 6.07 Å². The molecule has 0 aliphatic rings. The van der Waals surface area contributed by atoms with Crippen LogP contribution in [0.2, 0.25) is 0 Å². The van der Waals surface area contributed by atoms with Gasteiger partial charge in [0, 0.05) is 11.6 Å². The normalized spacial score (nSPS) is 13.1. The zero-order valence-corrected chi connectivity index (χ0v) is 9.60. The van der Waals surface area contributed by atoms with Crippen molar-refractivity contribution in [3.63, 3.8) is 0 Å². The second-order valence-corrected chi connectivity index (χ2v) is 3.19. The number of nitrogens with zero attached hydrogens (tertiary/aromatic N) is 1. The highest BCUT2D eigenvalue weighted by Gasteiger charge is 2.10. The summed E-state index contributed by atoms with van der Waals surface area (Å²) in [6.45, 7) is 3.09. The van der Waals surface area contributed by atoms with Crippen LogP contribution in [0, 0.1) is 11.3 Å². The molecule has 17 heavy (non-hydrogen) atoms. The van der Waals surface area contributed by atoms with Crippen molar-refractivity contribution in [2.45, 2.75) is 20.3 Å². The van der Waals surface area contributed by atoms with Crippen LogP contribution in [0.1, 0.15) is 20.3 Å². The summed E-state index contributed by atoms with van der Waals surface area (Å²) in [4.78, 5) is 21.6. The zero-order chi connectivity index (χ0) is 13.4. The van der Waals surface area contributed by atoms with Gasteiger partial charge in [0.15, 0.2) is 0 Å². The van der Waals surface area contributed by atoms with E-state index >= 15 is 0 Å². The Morgan fingerprint density at radius 1 is 1.29 bits per heavy atom. The monoisotopic (exact) mass is 235 g/mol. The Bertz CT molecular complexity index is 450. The zero-order valence-electron chi connectivity index (χ0n) is 9.60. The Morgan fingerprint density at radius 2 is 1.88 bits per heavy atom. The number of rotatable bonds is 5. The SMILES string of the molecule is CCC(C=C(C)C(=O)O)=C(C=CC#N)C(=O)O. The summed E-state index contributed by atoms with van der Waals surface area (Å²) in [6, 6.07) is 1.69. The average molecular weight is 235 g/mol. The van der Waals surface area contributed by atoms with Gasteiger partial charge in [-0.3, -0.25) is 0 Å². The summed E-state index contributed by atoms with van der Waals surface area (Å²) in [7, 11) is 0. The molecule has 0 saturated carbocycles. The van der Waals surface area contributed by atoms with E-state index in [4.69, 9.17) is 15.5 Å². The van der Waals surface area contributed by atoms with Crippen molar-refractivity contribution in [1.82, 2.24) is 0 Å². The minimum Gasteiger partial charge on any atom is -0.478 e. The number of allylic oxidation sites excluding steroid dienone is 3. The summed E-state index contributed by atoms with van der Waals surface area (Å²) in [5.74, 6) is -2.30. The van der Waals surface area contributed by atoms with Gasteiger partial charge in [-0.05, 0) is 31.1 Å². The Morgan fingerprint density at radius 3 is 2.24 bits per heavy atom. The van der Waals surface area contributed by atoms with Crippen LogP contribution in [0.5, 0.6) is 0 Å². The second kappa shape index (κ2) is 7.01. The Hall–Kier alpha value is -2.35. The maximum atomic E-state index is 11.0. The molecule has 0 heterocycles. The molecule has 0 aliphatic heterocycles. The van der Waals surface area contributed by atoms with Crippen LogP contribution in [0.4, 0.5) is 0 Å². The Labute approximate surface area is 99.0 Å². The number of nitriles is 1. The maximum absolute atomic E-state index is 11.0. The Kier molecular flexibility index (Phi) is 6.04. The number of carbonyl (C=O) groups is 2. The van der Waals surface area contributed by atoms with Gasteiger partial charge in [0.1, 0.15) is 0 Å². The third-order valence-electron chi connectivity index (χ3n) is 2.01. The van der Waals surface area contributed by atoms with Crippen LogP contribution in [0.15, 0.2) is 34.9 Å². The lowest BCUT2D eigenvalue weighted by atomic mass is 10.0. The molecule has 0 saturated heterocycles. The van der Waals surface area contributed by atoms with Gasteiger partial charge in [0.25, 0.3) is 0 Å². The van der Waals surface area contributed by atoms with Crippen molar-refractivity contribution in [1.29, 1.82) is 5.26 Å². The first kappa shape index (κ1) is 14.6. The first-order valence-corrected chi connectivity index (χ1v) is 4.88. The van der Waals surface area contributed by atoms with Crippen molar-refractivity contribution >= 4 is 11.9 Å². The third-order valence-corrected chi connectivity index (χ3v) is 2.01. The molecular formula is C12H13NO4. The molecule has 0 amide bonds. The lowest BCUT2D eigenvalue weighted by Crippen LogP contribution is -2.03. The first-order valence-electron chi connectivity index (χ1n) is 4.88. The van der Waals surface area contributed by atoms with E-state index in [-0.39, 0.29) is 11.1 Å². The van der Waals surface area contributed by atoms with E-state index in [1.807, 2.05) is 0 Å². The largest absolute Gasteiger partial charge is 0.478 e. The molecule has 0 aromatic heterocycles. The van der Waals surface area contributed by atoms with Crippen molar-refractivity contribution < 1.29 is 19.8 Å². The maximum Gasteiger partial charge on any atom is 0.335 e. The average Bonchev–Trinajstić information content (AvgIpc) is 2.26. The minimum absolute atomic E-state index is 0.0472. The van der Waals surface area contributed by atoms with Crippen LogP contribution in [-0.4, -0.2) is 22.2 Å². The highest BCUT2D eigenvalue weighted by molar-refractivity contribution is 5.92. The topological polar surface area (TPSA) is 98.4 Å². The Balaban J connectivity index is 5.62. The van der Waals surface area contributed by atoms with Gasteiger partial charge in [-0.1, -0.05) is 6.92 Å². The lowest BCUT2D eigenvalue weighted by molar-refractivity contribution is -0.133. The van der Waals surface area contributed by atoms with E-state index in [1.54, 1.807) is 13.0 Å². The number of carboxylic acid groups (broad SMARTS) is 2. The van der Waals surface area contributed by atoms with Crippen LogP contribution in [0.25, 0.3) is 0 Å². The van der Waals surface area contributed by atoms with Crippen LogP contribution in [0.3, 0.4) is 0 Å². The predicted molar refractivity (Wildman–Crippen MR) is 61.1 cm³/mol. The number of hydrogen-bond donors (Lipinski definition) is 2. The molecule has 90 valence electrons. The van der Waals surface area contributed by atoms with E-state index in [1.165, 1.54) is 13.0 Å². The summed E-state index contributed by atoms with van der Waals surface area (Å²) >= 11 is 0. The van der Waals surface area contributed by atoms with E-state index in [9.17, 15) is 9.59 Å².